The summed E-state index contributed by atoms with van der Waals surface area (Å²) < 4.78 is 0. The standard InChI is InChI=1S/C12H19N3/c13-6-7-14-8-10-15(11-9-14)12-4-2-1-3-5-12/h2,4,12H,1,3,5,7-11H2. The molecule has 0 bridgehead atoms. The first-order valence-electron chi connectivity index (χ1n) is 5.90. The molecular formula is C12H19N3. The highest BCUT2D eigenvalue weighted by Gasteiger charge is 2.22. The van der Waals surface area contributed by atoms with Gasteiger partial charge in [-0.2, -0.15) is 5.26 Å². The largest absolute Gasteiger partial charge is 0.294 e. The van der Waals surface area contributed by atoms with E-state index in [1.165, 1.54) is 19.3 Å². The zero-order valence-electron chi connectivity index (χ0n) is 9.23. The van der Waals surface area contributed by atoms with Gasteiger partial charge in [0.25, 0.3) is 0 Å². The van der Waals surface area contributed by atoms with Gasteiger partial charge in [-0.1, -0.05) is 12.2 Å². The van der Waals surface area contributed by atoms with Gasteiger partial charge in [0, 0.05) is 32.2 Å². The molecule has 0 aromatic heterocycles. The normalized spacial score (nSPS) is 28.9. The van der Waals surface area contributed by atoms with E-state index in [4.69, 9.17) is 5.26 Å². The van der Waals surface area contributed by atoms with E-state index in [1.54, 1.807) is 0 Å². The van der Waals surface area contributed by atoms with Crippen LogP contribution in [0.25, 0.3) is 0 Å². The number of nitriles is 1. The van der Waals surface area contributed by atoms with Gasteiger partial charge in [0.05, 0.1) is 12.6 Å². The second-order valence-electron chi connectivity index (χ2n) is 4.40. The second-order valence-corrected chi connectivity index (χ2v) is 4.40. The Labute approximate surface area is 92.0 Å². The van der Waals surface area contributed by atoms with Crippen LogP contribution >= 0.6 is 0 Å². The zero-order chi connectivity index (χ0) is 10.5. The fourth-order valence-corrected chi connectivity index (χ4v) is 2.45. The highest BCUT2D eigenvalue weighted by molar-refractivity contribution is 4.99. The van der Waals surface area contributed by atoms with Crippen molar-refractivity contribution >= 4 is 0 Å². The highest BCUT2D eigenvalue weighted by Crippen LogP contribution is 2.17. The number of allylic oxidation sites excluding steroid dienone is 1. The summed E-state index contributed by atoms with van der Waals surface area (Å²) in [7, 11) is 0. The van der Waals surface area contributed by atoms with Crippen molar-refractivity contribution in [3.63, 3.8) is 0 Å². The first kappa shape index (κ1) is 10.7. The van der Waals surface area contributed by atoms with Crippen LogP contribution < -0.4 is 0 Å². The van der Waals surface area contributed by atoms with Gasteiger partial charge >= 0.3 is 0 Å². The minimum absolute atomic E-state index is 0.592. The van der Waals surface area contributed by atoms with Crippen LogP contribution in [0.4, 0.5) is 0 Å². The van der Waals surface area contributed by atoms with Gasteiger partial charge < -0.3 is 0 Å². The Hall–Kier alpha value is -0.850. The molecule has 0 radical (unpaired) electrons. The van der Waals surface area contributed by atoms with E-state index in [9.17, 15) is 0 Å². The Morgan fingerprint density at radius 2 is 2.07 bits per heavy atom. The molecule has 1 unspecified atom stereocenters. The van der Waals surface area contributed by atoms with E-state index in [0.29, 0.717) is 12.6 Å². The Morgan fingerprint density at radius 1 is 1.27 bits per heavy atom. The molecule has 3 nitrogen and oxygen atoms in total. The maximum absolute atomic E-state index is 8.62. The number of hydrogen-bond acceptors (Lipinski definition) is 3. The topological polar surface area (TPSA) is 30.3 Å². The van der Waals surface area contributed by atoms with Crippen LogP contribution in [0.2, 0.25) is 0 Å². The van der Waals surface area contributed by atoms with Crippen molar-refractivity contribution in [1.82, 2.24) is 9.80 Å². The molecule has 1 aliphatic heterocycles. The van der Waals surface area contributed by atoms with Crippen LogP contribution in [0, 0.1) is 11.3 Å². The van der Waals surface area contributed by atoms with Crippen LogP contribution in [0.3, 0.4) is 0 Å². The first-order chi connectivity index (χ1) is 7.40. The molecule has 2 aliphatic rings. The number of piperazine rings is 1. The third kappa shape index (κ3) is 2.80. The molecule has 0 aromatic rings. The predicted octanol–water partition coefficient (Wildman–Crippen LogP) is 1.24. The lowest BCUT2D eigenvalue weighted by atomic mass is 10.0. The first-order valence-corrected chi connectivity index (χ1v) is 5.90. The molecule has 1 aliphatic carbocycles. The number of rotatable bonds is 2. The van der Waals surface area contributed by atoms with Crippen LogP contribution in [0.1, 0.15) is 19.3 Å². The van der Waals surface area contributed by atoms with Gasteiger partial charge in [-0.15, -0.1) is 0 Å². The van der Waals surface area contributed by atoms with Gasteiger partial charge in [-0.05, 0) is 19.3 Å². The lowest BCUT2D eigenvalue weighted by Crippen LogP contribution is -2.50. The average molecular weight is 205 g/mol. The lowest BCUT2D eigenvalue weighted by molar-refractivity contribution is 0.115. The summed E-state index contributed by atoms with van der Waals surface area (Å²) in [5, 5.41) is 8.62. The summed E-state index contributed by atoms with van der Waals surface area (Å²) in [6, 6.07) is 2.89. The lowest BCUT2D eigenvalue weighted by Gasteiger charge is -2.38. The summed E-state index contributed by atoms with van der Waals surface area (Å²) in [6.45, 7) is 4.94. The smallest absolute Gasteiger partial charge is 0.0866 e. The minimum atomic E-state index is 0.592. The summed E-state index contributed by atoms with van der Waals surface area (Å²) in [6.07, 6.45) is 8.58. The van der Waals surface area contributed by atoms with Gasteiger partial charge in [0.15, 0.2) is 0 Å². The fourth-order valence-electron chi connectivity index (χ4n) is 2.45. The van der Waals surface area contributed by atoms with Crippen molar-refractivity contribution in [2.24, 2.45) is 0 Å². The molecule has 1 saturated heterocycles. The molecule has 82 valence electrons. The van der Waals surface area contributed by atoms with Crippen molar-refractivity contribution in [3.8, 4) is 6.07 Å². The summed E-state index contributed by atoms with van der Waals surface area (Å²) in [4.78, 5) is 4.80. The molecule has 1 atom stereocenters. The summed E-state index contributed by atoms with van der Waals surface area (Å²) in [5.41, 5.74) is 0. The second kappa shape index (κ2) is 5.29. The molecule has 3 heteroatoms. The molecule has 2 rings (SSSR count). The highest BCUT2D eigenvalue weighted by atomic mass is 15.3. The maximum Gasteiger partial charge on any atom is 0.0866 e. The van der Waals surface area contributed by atoms with Gasteiger partial charge in [-0.3, -0.25) is 9.80 Å². The van der Waals surface area contributed by atoms with Crippen LogP contribution in [-0.2, 0) is 0 Å². The molecule has 0 aromatic carbocycles. The SMILES string of the molecule is N#CCN1CCN(C2C=CCCC2)CC1. The van der Waals surface area contributed by atoms with Crippen molar-refractivity contribution in [2.75, 3.05) is 32.7 Å². The van der Waals surface area contributed by atoms with Crippen LogP contribution in [-0.4, -0.2) is 48.6 Å². The third-order valence-corrected chi connectivity index (χ3v) is 3.40. The Morgan fingerprint density at radius 3 is 2.67 bits per heavy atom. The molecule has 0 spiro atoms. The van der Waals surface area contributed by atoms with Gasteiger partial charge in [-0.25, -0.2) is 0 Å². The Bertz CT molecular complexity index is 259. The summed E-state index contributed by atoms with van der Waals surface area (Å²) in [5.74, 6) is 0. The summed E-state index contributed by atoms with van der Waals surface area (Å²) >= 11 is 0. The molecule has 1 heterocycles. The minimum Gasteiger partial charge on any atom is -0.294 e. The average Bonchev–Trinajstić information content (AvgIpc) is 2.32. The van der Waals surface area contributed by atoms with Crippen molar-refractivity contribution in [3.05, 3.63) is 12.2 Å². The van der Waals surface area contributed by atoms with Crippen molar-refractivity contribution in [2.45, 2.75) is 25.3 Å². The number of hydrogen-bond donors (Lipinski definition) is 0. The third-order valence-electron chi connectivity index (χ3n) is 3.40. The van der Waals surface area contributed by atoms with Crippen molar-refractivity contribution in [1.29, 1.82) is 5.26 Å². The van der Waals surface area contributed by atoms with Crippen LogP contribution in [0.15, 0.2) is 12.2 Å². The maximum atomic E-state index is 8.62. The molecule has 0 N–H and O–H groups in total. The van der Waals surface area contributed by atoms with E-state index in [2.05, 4.69) is 28.0 Å². The molecular weight excluding hydrogens is 186 g/mol. The van der Waals surface area contributed by atoms with E-state index in [1.807, 2.05) is 0 Å². The van der Waals surface area contributed by atoms with Gasteiger partial charge in [0.2, 0.25) is 0 Å². The monoisotopic (exact) mass is 205 g/mol. The number of nitrogens with zero attached hydrogens (tertiary/aromatic N) is 3. The fraction of sp³-hybridized carbons (Fsp3) is 0.750. The van der Waals surface area contributed by atoms with E-state index in [0.717, 1.165) is 26.2 Å². The zero-order valence-corrected chi connectivity index (χ0v) is 9.23. The van der Waals surface area contributed by atoms with Crippen molar-refractivity contribution < 1.29 is 0 Å². The van der Waals surface area contributed by atoms with E-state index < -0.39 is 0 Å². The van der Waals surface area contributed by atoms with E-state index >= 15 is 0 Å². The van der Waals surface area contributed by atoms with Gasteiger partial charge in [0.1, 0.15) is 0 Å². The predicted molar refractivity (Wildman–Crippen MR) is 60.4 cm³/mol. The molecule has 0 amide bonds. The quantitative estimate of drug-likeness (QED) is 0.502. The Balaban J connectivity index is 1.80. The molecule has 1 fully saturated rings. The molecule has 0 saturated carbocycles. The van der Waals surface area contributed by atoms with Crippen LogP contribution in [0.5, 0.6) is 0 Å². The van der Waals surface area contributed by atoms with E-state index in [-0.39, 0.29) is 0 Å². The Kier molecular flexibility index (Phi) is 3.76. The molecule has 15 heavy (non-hydrogen) atoms.